The van der Waals surface area contributed by atoms with Crippen LogP contribution in [-0.4, -0.2) is 31.5 Å². The zero-order valence-electron chi connectivity index (χ0n) is 10.2. The van der Waals surface area contributed by atoms with E-state index < -0.39 is 0 Å². The summed E-state index contributed by atoms with van der Waals surface area (Å²) in [6, 6.07) is 2.02. The molecule has 0 saturated heterocycles. The molecule has 94 valence electrons. The van der Waals surface area contributed by atoms with Gasteiger partial charge in [-0.15, -0.1) is 11.3 Å². The number of methoxy groups -OCH3 is 1. The molecule has 0 aromatic carbocycles. The van der Waals surface area contributed by atoms with E-state index in [9.17, 15) is 0 Å². The van der Waals surface area contributed by atoms with Crippen molar-refractivity contribution in [2.24, 2.45) is 0 Å². The number of thiophene rings is 1. The lowest BCUT2D eigenvalue weighted by Gasteiger charge is -2.10. The molecule has 1 atom stereocenters. The fraction of sp³-hybridized carbons (Fsp3) is 0.538. The second-order valence-corrected chi connectivity index (χ2v) is 4.65. The van der Waals surface area contributed by atoms with Crippen LogP contribution in [0.3, 0.4) is 0 Å². The van der Waals surface area contributed by atoms with Crippen LogP contribution < -0.4 is 0 Å². The fourth-order valence-electron chi connectivity index (χ4n) is 1.25. The smallest absolute Gasteiger partial charge is 0.0814 e. The van der Waals surface area contributed by atoms with Gasteiger partial charge in [-0.1, -0.05) is 11.8 Å². The van der Waals surface area contributed by atoms with Gasteiger partial charge >= 0.3 is 0 Å². The van der Waals surface area contributed by atoms with Crippen molar-refractivity contribution >= 4 is 11.3 Å². The molecule has 1 aromatic rings. The van der Waals surface area contributed by atoms with E-state index in [1.54, 1.807) is 18.4 Å². The van der Waals surface area contributed by atoms with Crippen LogP contribution in [0.15, 0.2) is 11.4 Å². The summed E-state index contributed by atoms with van der Waals surface area (Å²) < 4.78 is 10.6. The Morgan fingerprint density at radius 1 is 1.53 bits per heavy atom. The average Bonchev–Trinajstić information content (AvgIpc) is 2.75. The van der Waals surface area contributed by atoms with Gasteiger partial charge < -0.3 is 14.6 Å². The number of hydrogen-bond acceptors (Lipinski definition) is 4. The molecule has 1 unspecified atom stereocenters. The summed E-state index contributed by atoms with van der Waals surface area (Å²) in [5, 5.41) is 10.6. The van der Waals surface area contributed by atoms with Crippen molar-refractivity contribution in [1.29, 1.82) is 0 Å². The lowest BCUT2D eigenvalue weighted by Crippen LogP contribution is -2.14. The molecule has 4 heteroatoms. The molecule has 1 N–H and O–H groups in total. The minimum atomic E-state index is 0.103. The largest absolute Gasteiger partial charge is 0.395 e. The van der Waals surface area contributed by atoms with Gasteiger partial charge in [0.05, 0.1) is 25.9 Å². The van der Waals surface area contributed by atoms with Crippen molar-refractivity contribution in [2.45, 2.75) is 26.1 Å². The number of hydrogen-bond donors (Lipinski definition) is 1. The third-order valence-corrected chi connectivity index (χ3v) is 2.95. The van der Waals surface area contributed by atoms with Crippen LogP contribution >= 0.6 is 11.3 Å². The highest BCUT2D eigenvalue weighted by Crippen LogP contribution is 2.15. The first-order valence-electron chi connectivity index (χ1n) is 5.54. The quantitative estimate of drug-likeness (QED) is 0.790. The van der Waals surface area contributed by atoms with Gasteiger partial charge in [-0.2, -0.15) is 0 Å². The van der Waals surface area contributed by atoms with Crippen LogP contribution in [0.1, 0.15) is 23.8 Å². The number of aliphatic hydroxyl groups is 1. The van der Waals surface area contributed by atoms with Crippen LogP contribution in [0.5, 0.6) is 0 Å². The Bertz CT molecular complexity index is 376. The van der Waals surface area contributed by atoms with Gasteiger partial charge in [0.2, 0.25) is 0 Å². The van der Waals surface area contributed by atoms with Gasteiger partial charge in [0.15, 0.2) is 0 Å². The topological polar surface area (TPSA) is 38.7 Å². The molecule has 0 radical (unpaired) electrons. The van der Waals surface area contributed by atoms with Gasteiger partial charge in [0.25, 0.3) is 0 Å². The second kappa shape index (κ2) is 8.26. The molecule has 0 aliphatic heterocycles. The van der Waals surface area contributed by atoms with Crippen LogP contribution in [0, 0.1) is 11.8 Å². The van der Waals surface area contributed by atoms with Crippen molar-refractivity contribution in [3.05, 3.63) is 21.9 Å². The lowest BCUT2D eigenvalue weighted by atomic mass is 10.3. The SMILES string of the molecule is COCC(C)OCc1cc(C#CCCO)cs1. The highest BCUT2D eigenvalue weighted by molar-refractivity contribution is 7.10. The molecular weight excluding hydrogens is 236 g/mol. The molecule has 1 aromatic heterocycles. The Labute approximate surface area is 106 Å². The Kier molecular flexibility index (Phi) is 6.90. The van der Waals surface area contributed by atoms with Crippen LogP contribution in [0.4, 0.5) is 0 Å². The van der Waals surface area contributed by atoms with Crippen LogP contribution in [-0.2, 0) is 16.1 Å². The summed E-state index contributed by atoms with van der Waals surface area (Å²) in [4.78, 5) is 1.15. The molecule has 0 bridgehead atoms. The van der Waals surface area contributed by atoms with Gasteiger partial charge in [-0.3, -0.25) is 0 Å². The Morgan fingerprint density at radius 2 is 2.35 bits per heavy atom. The maximum Gasteiger partial charge on any atom is 0.0814 e. The molecule has 0 fully saturated rings. The van der Waals surface area contributed by atoms with E-state index in [1.165, 1.54) is 0 Å². The molecule has 3 nitrogen and oxygen atoms in total. The molecule has 0 spiro atoms. The van der Waals surface area contributed by atoms with E-state index in [1.807, 2.05) is 18.4 Å². The monoisotopic (exact) mass is 254 g/mol. The summed E-state index contributed by atoms with van der Waals surface area (Å²) in [5.41, 5.74) is 0.987. The molecule has 0 aliphatic rings. The number of ether oxygens (including phenoxy) is 2. The maximum absolute atomic E-state index is 8.61. The van der Waals surface area contributed by atoms with E-state index >= 15 is 0 Å². The second-order valence-electron chi connectivity index (χ2n) is 3.65. The third-order valence-electron chi connectivity index (χ3n) is 2.03. The van der Waals surface area contributed by atoms with Crippen LogP contribution in [0.2, 0.25) is 0 Å². The predicted octanol–water partition coefficient (Wildman–Crippen LogP) is 2.03. The van der Waals surface area contributed by atoms with Crippen molar-refractivity contribution in [3.63, 3.8) is 0 Å². The summed E-state index contributed by atoms with van der Waals surface area (Å²) in [6.07, 6.45) is 0.623. The standard InChI is InChI=1S/C13H18O3S/c1-11(8-15-2)16-9-13-7-12(10-17-13)5-3-4-6-14/h7,10-11,14H,4,6,8-9H2,1-2H3. The maximum atomic E-state index is 8.61. The first kappa shape index (κ1) is 14.2. The van der Waals surface area contributed by atoms with E-state index in [2.05, 4.69) is 11.8 Å². The Balaban J connectivity index is 2.38. The highest BCUT2D eigenvalue weighted by atomic mass is 32.1. The molecule has 17 heavy (non-hydrogen) atoms. The Hall–Kier alpha value is -0.860. The van der Waals surface area contributed by atoms with Gasteiger partial charge in [-0.05, 0) is 13.0 Å². The van der Waals surface area contributed by atoms with Crippen molar-refractivity contribution in [2.75, 3.05) is 20.3 Å². The summed E-state index contributed by atoms with van der Waals surface area (Å²) in [5.74, 6) is 5.89. The van der Waals surface area contributed by atoms with E-state index in [-0.39, 0.29) is 12.7 Å². The first-order chi connectivity index (χ1) is 8.26. The van der Waals surface area contributed by atoms with Gasteiger partial charge in [0, 0.05) is 29.4 Å². The van der Waals surface area contributed by atoms with Gasteiger partial charge in [0.1, 0.15) is 0 Å². The molecule has 0 aliphatic carbocycles. The molecule has 1 rings (SSSR count). The minimum absolute atomic E-state index is 0.103. The van der Waals surface area contributed by atoms with E-state index in [0.717, 1.165) is 10.4 Å². The van der Waals surface area contributed by atoms with Crippen molar-refractivity contribution < 1.29 is 14.6 Å². The van der Waals surface area contributed by atoms with E-state index in [0.29, 0.717) is 19.6 Å². The minimum Gasteiger partial charge on any atom is -0.395 e. The summed E-state index contributed by atoms with van der Waals surface area (Å²) in [6.45, 7) is 3.30. The lowest BCUT2D eigenvalue weighted by molar-refractivity contribution is 0.000924. The highest BCUT2D eigenvalue weighted by Gasteiger charge is 2.03. The molecule has 1 heterocycles. The Morgan fingerprint density at radius 3 is 3.06 bits per heavy atom. The number of aliphatic hydroxyl groups excluding tert-OH is 1. The van der Waals surface area contributed by atoms with Crippen LogP contribution in [0.25, 0.3) is 0 Å². The fourth-order valence-corrected chi connectivity index (χ4v) is 1.99. The summed E-state index contributed by atoms with van der Waals surface area (Å²) in [7, 11) is 1.67. The zero-order valence-corrected chi connectivity index (χ0v) is 11.0. The summed E-state index contributed by atoms with van der Waals surface area (Å²) >= 11 is 1.64. The van der Waals surface area contributed by atoms with E-state index in [4.69, 9.17) is 14.6 Å². The number of rotatable bonds is 6. The average molecular weight is 254 g/mol. The molecule has 0 amide bonds. The van der Waals surface area contributed by atoms with Gasteiger partial charge in [-0.25, -0.2) is 0 Å². The third kappa shape index (κ3) is 5.85. The molecule has 0 saturated carbocycles. The van der Waals surface area contributed by atoms with Crippen molar-refractivity contribution in [1.82, 2.24) is 0 Å². The molecular formula is C13H18O3S. The normalized spacial score (nSPS) is 11.9. The van der Waals surface area contributed by atoms with Crippen molar-refractivity contribution in [3.8, 4) is 11.8 Å². The first-order valence-corrected chi connectivity index (χ1v) is 6.42. The predicted molar refractivity (Wildman–Crippen MR) is 69.0 cm³/mol. The zero-order chi connectivity index (χ0) is 12.5.